The zero-order chi connectivity index (χ0) is 20.8. The summed E-state index contributed by atoms with van der Waals surface area (Å²) in [5.74, 6) is -0.0732. The molecule has 29 heavy (non-hydrogen) atoms. The summed E-state index contributed by atoms with van der Waals surface area (Å²) in [5.41, 5.74) is 1.15. The van der Waals surface area contributed by atoms with Crippen LogP contribution in [0.15, 0.2) is 54.7 Å². The molecule has 0 aliphatic rings. The Balaban J connectivity index is 1.54. The van der Waals surface area contributed by atoms with Crippen molar-refractivity contribution in [3.8, 4) is 0 Å². The molecule has 0 aliphatic heterocycles. The summed E-state index contributed by atoms with van der Waals surface area (Å²) in [6.45, 7) is 0.523. The molecule has 0 unspecified atom stereocenters. The number of aromatic nitrogens is 2. The maximum Gasteiger partial charge on any atom is 0.252 e. The number of nitrogens with zero attached hydrogens (tertiary/aromatic N) is 2. The van der Waals surface area contributed by atoms with E-state index in [2.05, 4.69) is 15.7 Å². The van der Waals surface area contributed by atoms with Crippen molar-refractivity contribution < 1.29 is 9.59 Å². The van der Waals surface area contributed by atoms with Crippen LogP contribution in [0.3, 0.4) is 0 Å². The lowest BCUT2D eigenvalue weighted by Gasteiger charge is -2.11. The van der Waals surface area contributed by atoms with Crippen molar-refractivity contribution in [2.75, 3.05) is 11.9 Å². The van der Waals surface area contributed by atoms with Crippen molar-refractivity contribution in [1.82, 2.24) is 15.1 Å². The number of anilines is 1. The molecule has 9 heteroatoms. The molecular weight excluding hydrogens is 435 g/mol. The summed E-state index contributed by atoms with van der Waals surface area (Å²) in [5, 5.41) is 10.9. The summed E-state index contributed by atoms with van der Waals surface area (Å²) in [4.78, 5) is 24.4. The number of carbonyl (C=O) groups is 2. The second-order valence-corrected chi connectivity index (χ2v) is 7.31. The van der Waals surface area contributed by atoms with Crippen molar-refractivity contribution in [1.29, 1.82) is 0 Å². The van der Waals surface area contributed by atoms with Crippen LogP contribution in [0.2, 0.25) is 15.1 Å². The number of benzene rings is 2. The second kappa shape index (κ2) is 9.78. The largest absolute Gasteiger partial charge is 0.351 e. The number of hydrogen-bond donors (Lipinski definition) is 2. The summed E-state index contributed by atoms with van der Waals surface area (Å²) < 4.78 is 1.61. The van der Waals surface area contributed by atoms with Crippen LogP contribution >= 0.6 is 34.8 Å². The number of halogens is 3. The van der Waals surface area contributed by atoms with Crippen LogP contribution in [0, 0.1) is 0 Å². The van der Waals surface area contributed by atoms with E-state index in [0.717, 1.165) is 5.56 Å². The Labute approximate surface area is 182 Å². The second-order valence-electron chi connectivity index (χ2n) is 6.12. The zero-order valence-corrected chi connectivity index (χ0v) is 17.4. The molecule has 0 aliphatic carbocycles. The van der Waals surface area contributed by atoms with E-state index in [4.69, 9.17) is 34.8 Å². The van der Waals surface area contributed by atoms with Gasteiger partial charge in [-0.15, -0.1) is 0 Å². The fourth-order valence-electron chi connectivity index (χ4n) is 2.63. The Hall–Kier alpha value is -2.54. The molecule has 0 atom stereocenters. The van der Waals surface area contributed by atoms with E-state index in [1.807, 2.05) is 6.07 Å². The maximum absolute atomic E-state index is 12.2. The minimum Gasteiger partial charge on any atom is -0.351 e. The Bertz CT molecular complexity index is 1040. The third-order valence-corrected chi connectivity index (χ3v) is 5.28. The number of hydrogen-bond acceptors (Lipinski definition) is 3. The average Bonchev–Trinajstić information content (AvgIpc) is 3.12. The third kappa shape index (κ3) is 5.50. The molecule has 1 aromatic heterocycles. The molecule has 0 saturated heterocycles. The van der Waals surface area contributed by atoms with Gasteiger partial charge in [0.15, 0.2) is 0 Å². The normalized spacial score (nSPS) is 10.6. The van der Waals surface area contributed by atoms with Gasteiger partial charge < -0.3 is 10.6 Å². The zero-order valence-electron chi connectivity index (χ0n) is 15.2. The first kappa shape index (κ1) is 21.2. The predicted molar refractivity (Wildman–Crippen MR) is 115 cm³/mol. The molecule has 0 fully saturated rings. The van der Waals surface area contributed by atoms with Crippen LogP contribution in [-0.2, 0) is 11.3 Å². The van der Waals surface area contributed by atoms with Crippen molar-refractivity contribution in [3.05, 3.63) is 80.9 Å². The Morgan fingerprint density at radius 1 is 0.966 bits per heavy atom. The van der Waals surface area contributed by atoms with Gasteiger partial charge in [0.05, 0.1) is 33.4 Å². The van der Waals surface area contributed by atoms with E-state index in [1.165, 1.54) is 0 Å². The van der Waals surface area contributed by atoms with Gasteiger partial charge in [0.2, 0.25) is 5.91 Å². The molecule has 2 amide bonds. The van der Waals surface area contributed by atoms with Gasteiger partial charge in [0, 0.05) is 19.0 Å². The van der Waals surface area contributed by atoms with Crippen LogP contribution in [0.25, 0.3) is 0 Å². The molecule has 2 N–H and O–H groups in total. The van der Waals surface area contributed by atoms with Gasteiger partial charge in [-0.1, -0.05) is 59.1 Å². The molecule has 1 heterocycles. The van der Waals surface area contributed by atoms with Gasteiger partial charge in [0.25, 0.3) is 5.91 Å². The first-order chi connectivity index (χ1) is 14.0. The molecule has 2 aromatic carbocycles. The standard InChI is InChI=1S/C20H17Cl3N4O2/c21-15-6-2-1-5-14(15)20(29)24-10-9-18(28)26-17-8-11-25-27(17)12-13-4-3-7-16(22)19(13)23/h1-8,11H,9-10,12H2,(H,24,29)(H,26,28). The van der Waals surface area contributed by atoms with Crippen LogP contribution in [0.5, 0.6) is 0 Å². The summed E-state index contributed by atoms with van der Waals surface area (Å²) in [7, 11) is 0. The lowest BCUT2D eigenvalue weighted by Crippen LogP contribution is -2.28. The smallest absolute Gasteiger partial charge is 0.252 e. The third-order valence-electron chi connectivity index (χ3n) is 4.09. The van der Waals surface area contributed by atoms with Crippen LogP contribution < -0.4 is 10.6 Å². The predicted octanol–water partition coefficient (Wildman–Crippen LogP) is 4.65. The fourth-order valence-corrected chi connectivity index (χ4v) is 3.23. The van der Waals surface area contributed by atoms with Gasteiger partial charge in [-0.2, -0.15) is 5.10 Å². The molecule has 6 nitrogen and oxygen atoms in total. The number of rotatable bonds is 7. The quantitative estimate of drug-likeness (QED) is 0.549. The fraction of sp³-hybridized carbons (Fsp3) is 0.150. The van der Waals surface area contributed by atoms with E-state index in [1.54, 1.807) is 53.3 Å². The summed E-state index contributed by atoms with van der Waals surface area (Å²) >= 11 is 18.3. The van der Waals surface area contributed by atoms with Crippen molar-refractivity contribution in [3.63, 3.8) is 0 Å². The molecule has 0 bridgehead atoms. The van der Waals surface area contributed by atoms with Gasteiger partial charge in [-0.3, -0.25) is 9.59 Å². The maximum atomic E-state index is 12.2. The average molecular weight is 452 g/mol. The summed E-state index contributed by atoms with van der Waals surface area (Å²) in [6.07, 6.45) is 1.67. The highest BCUT2D eigenvalue weighted by Crippen LogP contribution is 2.26. The first-order valence-electron chi connectivity index (χ1n) is 8.73. The molecule has 3 rings (SSSR count). The van der Waals surface area contributed by atoms with E-state index in [-0.39, 0.29) is 24.8 Å². The highest BCUT2D eigenvalue weighted by molar-refractivity contribution is 6.42. The van der Waals surface area contributed by atoms with Crippen molar-refractivity contribution in [2.45, 2.75) is 13.0 Å². The van der Waals surface area contributed by atoms with Gasteiger partial charge in [-0.05, 0) is 23.8 Å². The van der Waals surface area contributed by atoms with Crippen LogP contribution in [0.4, 0.5) is 5.82 Å². The monoisotopic (exact) mass is 450 g/mol. The first-order valence-corrected chi connectivity index (χ1v) is 9.86. The Morgan fingerprint density at radius 3 is 2.52 bits per heavy atom. The molecule has 0 saturated carbocycles. The minimum atomic E-state index is -0.330. The van der Waals surface area contributed by atoms with E-state index < -0.39 is 0 Å². The van der Waals surface area contributed by atoms with Gasteiger partial charge in [0.1, 0.15) is 5.82 Å². The number of nitrogens with one attached hydrogen (secondary N) is 2. The topological polar surface area (TPSA) is 76.0 Å². The lowest BCUT2D eigenvalue weighted by atomic mass is 10.2. The highest BCUT2D eigenvalue weighted by atomic mass is 35.5. The van der Waals surface area contributed by atoms with Gasteiger partial charge >= 0.3 is 0 Å². The van der Waals surface area contributed by atoms with E-state index in [0.29, 0.717) is 33.0 Å². The van der Waals surface area contributed by atoms with Gasteiger partial charge in [-0.25, -0.2) is 4.68 Å². The molecule has 0 spiro atoms. The van der Waals surface area contributed by atoms with Crippen LogP contribution in [-0.4, -0.2) is 28.1 Å². The molecule has 0 radical (unpaired) electrons. The molecule has 3 aromatic rings. The molecule has 150 valence electrons. The number of amides is 2. The number of carbonyl (C=O) groups excluding carboxylic acids is 2. The molecular formula is C20H17Cl3N4O2. The van der Waals surface area contributed by atoms with E-state index in [9.17, 15) is 9.59 Å². The van der Waals surface area contributed by atoms with Crippen LogP contribution in [0.1, 0.15) is 22.3 Å². The highest BCUT2D eigenvalue weighted by Gasteiger charge is 2.12. The minimum absolute atomic E-state index is 0.0965. The Morgan fingerprint density at radius 2 is 1.72 bits per heavy atom. The summed E-state index contributed by atoms with van der Waals surface area (Å²) in [6, 6.07) is 13.7. The van der Waals surface area contributed by atoms with Crippen molar-refractivity contribution in [2.24, 2.45) is 0 Å². The van der Waals surface area contributed by atoms with E-state index >= 15 is 0 Å². The SMILES string of the molecule is O=C(CCNC(=O)c1ccccc1Cl)Nc1ccnn1Cc1cccc(Cl)c1Cl. The Kier molecular flexibility index (Phi) is 7.14. The lowest BCUT2D eigenvalue weighted by molar-refractivity contribution is -0.116. The van der Waals surface area contributed by atoms with Crippen molar-refractivity contribution >= 4 is 52.4 Å².